The Morgan fingerprint density at radius 3 is 1.90 bits per heavy atom. The van der Waals surface area contributed by atoms with Gasteiger partial charge in [-0.05, 0) is 40.5 Å². The van der Waals surface area contributed by atoms with Crippen LogP contribution in [0.5, 0.6) is 0 Å². The molecule has 0 amide bonds. The van der Waals surface area contributed by atoms with E-state index < -0.39 is 23.1 Å². The zero-order valence-corrected chi connectivity index (χ0v) is 18.0. The Morgan fingerprint density at radius 1 is 0.793 bits per heavy atom. The molecule has 0 aliphatic heterocycles. The summed E-state index contributed by atoms with van der Waals surface area (Å²) < 4.78 is 15.9. The van der Waals surface area contributed by atoms with Gasteiger partial charge in [0.2, 0.25) is 0 Å². The van der Waals surface area contributed by atoms with Crippen molar-refractivity contribution in [1.29, 1.82) is 0 Å². The van der Waals surface area contributed by atoms with Crippen LogP contribution in [0, 0.1) is 0 Å². The smallest absolute Gasteiger partial charge is 0.330 e. The maximum absolute atomic E-state index is 12.3. The molecule has 0 aliphatic carbocycles. The molecule has 0 saturated carbocycles. The molecule has 8 heteroatoms. The van der Waals surface area contributed by atoms with Gasteiger partial charge in [0.05, 0.1) is 13.0 Å². The summed E-state index contributed by atoms with van der Waals surface area (Å²) in [5.41, 5.74) is -1.98. The van der Waals surface area contributed by atoms with Crippen molar-refractivity contribution in [2.45, 2.75) is 77.4 Å². The van der Waals surface area contributed by atoms with E-state index in [0.717, 1.165) is 12.5 Å². The van der Waals surface area contributed by atoms with Gasteiger partial charge in [-0.15, -0.1) is 0 Å². The van der Waals surface area contributed by atoms with E-state index in [1.54, 1.807) is 27.7 Å². The van der Waals surface area contributed by atoms with Crippen molar-refractivity contribution in [3.8, 4) is 0 Å². The Hall–Kier alpha value is -2.06. The van der Waals surface area contributed by atoms with Crippen molar-refractivity contribution >= 4 is 23.5 Å². The number of unbranched alkanes of at least 4 members (excludes halogenated alkanes) is 2. The standard InChI is InChI=1S/C21H34O8/c1-6-19(26)27-14-15-29-20(2,3)16(22)10-8-7-9-13-28-21(4,5)17(23)11-12-18(24)25/h6H,1,7-15H2,2-5H3,(H,24,25). The molecule has 0 saturated heterocycles. The van der Waals surface area contributed by atoms with Crippen molar-refractivity contribution in [3.63, 3.8) is 0 Å². The third-order valence-corrected chi connectivity index (χ3v) is 4.38. The van der Waals surface area contributed by atoms with Gasteiger partial charge < -0.3 is 19.3 Å². The fourth-order valence-electron chi connectivity index (χ4n) is 2.37. The predicted molar refractivity (Wildman–Crippen MR) is 107 cm³/mol. The minimum absolute atomic E-state index is 0.0438. The van der Waals surface area contributed by atoms with Crippen molar-refractivity contribution in [2.75, 3.05) is 19.8 Å². The number of ketones is 2. The number of carbonyl (C=O) groups is 4. The third-order valence-electron chi connectivity index (χ3n) is 4.38. The lowest BCUT2D eigenvalue weighted by molar-refractivity contribution is -0.147. The molecule has 0 heterocycles. The van der Waals surface area contributed by atoms with Crippen LogP contribution in [0.3, 0.4) is 0 Å². The lowest BCUT2D eigenvalue weighted by atomic mass is 9.98. The number of carbonyl (C=O) groups excluding carboxylic acids is 3. The molecule has 0 bridgehead atoms. The highest BCUT2D eigenvalue weighted by Gasteiger charge is 2.29. The number of Topliss-reactive ketones (excluding diaryl/α,β-unsaturated/α-hetero) is 2. The zero-order valence-electron chi connectivity index (χ0n) is 18.0. The van der Waals surface area contributed by atoms with E-state index >= 15 is 0 Å². The molecule has 0 aromatic heterocycles. The normalized spacial score (nSPS) is 11.7. The molecule has 1 N–H and O–H groups in total. The van der Waals surface area contributed by atoms with E-state index in [4.69, 9.17) is 19.3 Å². The second-order valence-corrected chi connectivity index (χ2v) is 7.64. The summed E-state index contributed by atoms with van der Waals surface area (Å²) in [4.78, 5) is 45.7. The third kappa shape index (κ3) is 12.2. The van der Waals surface area contributed by atoms with Gasteiger partial charge in [-0.2, -0.15) is 0 Å². The monoisotopic (exact) mass is 414 g/mol. The van der Waals surface area contributed by atoms with Crippen LogP contribution in [-0.2, 0) is 33.4 Å². The van der Waals surface area contributed by atoms with Gasteiger partial charge >= 0.3 is 11.9 Å². The lowest BCUT2D eigenvalue weighted by Gasteiger charge is -2.24. The Kier molecular flexibility index (Phi) is 12.3. The molecule has 0 unspecified atom stereocenters. The molecule has 0 aliphatic rings. The average molecular weight is 414 g/mol. The molecule has 0 spiro atoms. The van der Waals surface area contributed by atoms with Gasteiger partial charge in [-0.3, -0.25) is 14.4 Å². The number of carboxylic acids is 1. The number of hydrogen-bond acceptors (Lipinski definition) is 7. The highest BCUT2D eigenvalue weighted by Crippen LogP contribution is 2.17. The van der Waals surface area contributed by atoms with Crippen LogP contribution >= 0.6 is 0 Å². The minimum atomic E-state index is -1.02. The van der Waals surface area contributed by atoms with Gasteiger partial charge in [-0.25, -0.2) is 4.79 Å². The zero-order chi connectivity index (χ0) is 22.5. The van der Waals surface area contributed by atoms with Crippen LogP contribution in [0.4, 0.5) is 0 Å². The molecular weight excluding hydrogens is 380 g/mol. The summed E-state index contributed by atoms with van der Waals surface area (Å²) in [5.74, 6) is -1.83. The summed E-state index contributed by atoms with van der Waals surface area (Å²) in [6.07, 6.45) is 3.24. The fourth-order valence-corrected chi connectivity index (χ4v) is 2.37. The van der Waals surface area contributed by atoms with Crippen molar-refractivity contribution in [1.82, 2.24) is 0 Å². The molecule has 0 aromatic rings. The Labute approximate surface area is 172 Å². The first-order chi connectivity index (χ1) is 13.4. The first kappa shape index (κ1) is 26.9. The fraction of sp³-hybridized carbons (Fsp3) is 0.714. The first-order valence-corrected chi connectivity index (χ1v) is 9.78. The molecular formula is C21H34O8. The number of esters is 1. The SMILES string of the molecule is C=CC(=O)OCCOC(C)(C)C(=O)CCCCCOC(C)(C)C(=O)CCC(=O)O. The van der Waals surface area contributed by atoms with Gasteiger partial charge in [0.1, 0.15) is 17.8 Å². The quantitative estimate of drug-likeness (QED) is 0.219. The van der Waals surface area contributed by atoms with E-state index in [-0.39, 0.29) is 37.6 Å². The largest absolute Gasteiger partial charge is 0.481 e. The summed E-state index contributed by atoms with van der Waals surface area (Å²) in [7, 11) is 0. The molecule has 0 radical (unpaired) electrons. The van der Waals surface area contributed by atoms with E-state index in [2.05, 4.69) is 6.58 Å². The molecule has 0 rings (SSSR count). The second kappa shape index (κ2) is 13.2. The Bertz CT molecular complexity index is 577. The van der Waals surface area contributed by atoms with E-state index in [9.17, 15) is 19.2 Å². The van der Waals surface area contributed by atoms with Gasteiger partial charge in [0.15, 0.2) is 11.6 Å². The number of ether oxygens (including phenoxy) is 3. The maximum atomic E-state index is 12.3. The number of hydrogen-bond donors (Lipinski definition) is 1. The van der Waals surface area contributed by atoms with Crippen LogP contribution in [0.25, 0.3) is 0 Å². The maximum Gasteiger partial charge on any atom is 0.330 e. The molecule has 0 atom stereocenters. The topological polar surface area (TPSA) is 116 Å². The van der Waals surface area contributed by atoms with E-state index in [0.29, 0.717) is 25.9 Å². The van der Waals surface area contributed by atoms with Crippen LogP contribution < -0.4 is 0 Å². The summed E-state index contributed by atoms with van der Waals surface area (Å²) in [6, 6.07) is 0. The van der Waals surface area contributed by atoms with Crippen LogP contribution in [0.15, 0.2) is 12.7 Å². The minimum Gasteiger partial charge on any atom is -0.481 e. The van der Waals surface area contributed by atoms with Crippen LogP contribution in [0.1, 0.15) is 66.2 Å². The highest BCUT2D eigenvalue weighted by molar-refractivity contribution is 5.88. The Balaban J connectivity index is 4.01. The van der Waals surface area contributed by atoms with Crippen LogP contribution in [0.2, 0.25) is 0 Å². The molecule has 0 aromatic carbocycles. The number of aliphatic carboxylic acids is 1. The van der Waals surface area contributed by atoms with Gasteiger partial charge in [-0.1, -0.05) is 13.0 Å². The highest BCUT2D eigenvalue weighted by atomic mass is 16.6. The Morgan fingerprint density at radius 2 is 1.34 bits per heavy atom. The average Bonchev–Trinajstić information content (AvgIpc) is 2.65. The number of rotatable bonds is 17. The molecule has 29 heavy (non-hydrogen) atoms. The second-order valence-electron chi connectivity index (χ2n) is 7.64. The first-order valence-electron chi connectivity index (χ1n) is 9.78. The number of carboxylic acid groups (broad SMARTS) is 1. The van der Waals surface area contributed by atoms with E-state index in [1.165, 1.54) is 0 Å². The van der Waals surface area contributed by atoms with Gasteiger partial charge in [0, 0.05) is 25.5 Å². The molecule has 166 valence electrons. The van der Waals surface area contributed by atoms with E-state index in [1.807, 2.05) is 0 Å². The van der Waals surface area contributed by atoms with Crippen LogP contribution in [-0.4, -0.2) is 59.6 Å². The summed E-state index contributed by atoms with van der Waals surface area (Å²) >= 11 is 0. The lowest BCUT2D eigenvalue weighted by Crippen LogP contribution is -2.36. The van der Waals surface area contributed by atoms with Crippen molar-refractivity contribution in [3.05, 3.63) is 12.7 Å². The predicted octanol–water partition coefficient (Wildman–Crippen LogP) is 2.87. The summed E-state index contributed by atoms with van der Waals surface area (Å²) in [5, 5.41) is 8.64. The molecule has 0 fully saturated rings. The molecule has 8 nitrogen and oxygen atoms in total. The van der Waals surface area contributed by atoms with Crippen molar-refractivity contribution in [2.24, 2.45) is 0 Å². The summed E-state index contributed by atoms with van der Waals surface area (Å²) in [6.45, 7) is 10.4. The van der Waals surface area contributed by atoms with Gasteiger partial charge in [0.25, 0.3) is 0 Å². The van der Waals surface area contributed by atoms with Crippen molar-refractivity contribution < 1.29 is 38.5 Å².